The van der Waals surface area contributed by atoms with Crippen molar-refractivity contribution in [3.63, 3.8) is 0 Å². The Morgan fingerprint density at radius 1 is 1.06 bits per heavy atom. The van der Waals surface area contributed by atoms with E-state index in [1.165, 1.54) is 64.2 Å². The Bertz CT molecular complexity index is 758. The predicted octanol–water partition coefficient (Wildman–Crippen LogP) is 8.16. The lowest BCUT2D eigenvalue weighted by atomic mass is 9.53. The fourth-order valence-corrected chi connectivity index (χ4v) is 7.96. The number of fused-ring (bicyclic) bond motifs is 3. The van der Waals surface area contributed by atoms with Crippen LogP contribution in [0.3, 0.4) is 0 Å². The van der Waals surface area contributed by atoms with Gasteiger partial charge in [0, 0.05) is 18.9 Å². The summed E-state index contributed by atoms with van der Waals surface area (Å²) in [6.07, 6.45) is 18.9. The summed E-state index contributed by atoms with van der Waals surface area (Å²) in [7, 11) is 0. The van der Waals surface area contributed by atoms with Crippen LogP contribution in [0.4, 0.5) is 0 Å². The number of nitrogens with one attached hydrogen (secondary N) is 1. The van der Waals surface area contributed by atoms with E-state index in [0.29, 0.717) is 12.8 Å². The summed E-state index contributed by atoms with van der Waals surface area (Å²) in [4.78, 5) is 23.1. The van der Waals surface area contributed by atoms with Crippen LogP contribution >= 0.6 is 0 Å². The van der Waals surface area contributed by atoms with Crippen molar-refractivity contribution in [1.29, 1.82) is 0 Å². The van der Waals surface area contributed by atoms with Gasteiger partial charge < -0.3 is 10.4 Å². The highest BCUT2D eigenvalue weighted by Crippen LogP contribution is 2.56. The third-order valence-corrected chi connectivity index (χ3v) is 10.4. The van der Waals surface area contributed by atoms with E-state index in [9.17, 15) is 9.59 Å². The number of rotatable bonds is 10. The highest BCUT2D eigenvalue weighted by molar-refractivity contribution is 5.77. The van der Waals surface area contributed by atoms with Crippen molar-refractivity contribution >= 4 is 11.9 Å². The SMILES string of the molecule is CC(C)CCC[C@@H](C)C1CCC[C@H]2[C@@H](CC=C3C[C@@H](NC(=O)CCCC(=O)O)CC[C@@]32C)[C@@H](C)CC1. The molecule has 0 saturated heterocycles. The highest BCUT2D eigenvalue weighted by Gasteiger charge is 2.48. The molecule has 2 saturated carbocycles. The maximum atomic E-state index is 12.4. The molecule has 3 rings (SSSR count). The minimum absolute atomic E-state index is 0.0174. The number of hydrogen-bond donors (Lipinski definition) is 2. The fraction of sp³-hybridized carbons (Fsp3) is 0.875. The Morgan fingerprint density at radius 3 is 2.56 bits per heavy atom. The van der Waals surface area contributed by atoms with Crippen molar-refractivity contribution in [3.05, 3.63) is 11.6 Å². The van der Waals surface area contributed by atoms with Crippen LogP contribution in [-0.4, -0.2) is 23.0 Å². The second kappa shape index (κ2) is 13.5. The number of carbonyl (C=O) groups excluding carboxylic acids is 1. The highest BCUT2D eigenvalue weighted by atomic mass is 16.4. The van der Waals surface area contributed by atoms with Crippen LogP contribution in [0.2, 0.25) is 0 Å². The number of carbonyl (C=O) groups is 2. The molecule has 0 heterocycles. The average Bonchev–Trinajstić information content (AvgIpc) is 2.88. The average molecular weight is 502 g/mol. The van der Waals surface area contributed by atoms with Crippen LogP contribution < -0.4 is 5.32 Å². The summed E-state index contributed by atoms with van der Waals surface area (Å²) in [5.41, 5.74) is 1.88. The van der Waals surface area contributed by atoms with Gasteiger partial charge in [-0.15, -0.1) is 0 Å². The quantitative estimate of drug-likeness (QED) is 0.297. The summed E-state index contributed by atoms with van der Waals surface area (Å²) in [5.74, 6) is 4.13. The van der Waals surface area contributed by atoms with Crippen LogP contribution in [0.1, 0.15) is 131 Å². The molecule has 0 radical (unpaired) electrons. The molecule has 0 aliphatic heterocycles. The summed E-state index contributed by atoms with van der Waals surface area (Å²) < 4.78 is 0. The molecule has 3 aliphatic rings. The number of hydrogen-bond acceptors (Lipinski definition) is 2. The van der Waals surface area contributed by atoms with Crippen LogP contribution in [0.25, 0.3) is 0 Å². The van der Waals surface area contributed by atoms with Gasteiger partial charge in [0.05, 0.1) is 0 Å². The standard InChI is InChI=1S/C32H55NO3/c1-22(2)9-6-10-23(3)25-11-7-12-29-28(24(4)15-16-25)18-17-26-21-27(19-20-32(26,29)5)33-30(34)13-8-14-31(35)36/h17,22-25,27-29H,6-16,18-21H2,1-5H3,(H,33,34)(H,35,36)/t23-,24+,25?,27+,28+,29+,32+/m1/s1. The van der Waals surface area contributed by atoms with Gasteiger partial charge in [-0.05, 0) is 85.9 Å². The third kappa shape index (κ3) is 7.84. The Morgan fingerprint density at radius 2 is 1.83 bits per heavy atom. The molecule has 0 bridgehead atoms. The number of allylic oxidation sites excluding steroid dienone is 1. The molecule has 0 aromatic rings. The lowest BCUT2D eigenvalue weighted by Gasteiger charge is -2.52. The fourth-order valence-electron chi connectivity index (χ4n) is 7.96. The van der Waals surface area contributed by atoms with Crippen molar-refractivity contribution in [2.45, 2.75) is 137 Å². The molecule has 7 atom stereocenters. The van der Waals surface area contributed by atoms with Crippen molar-refractivity contribution in [2.75, 3.05) is 0 Å². The second-order valence-corrected chi connectivity index (χ2v) is 13.5. The molecule has 4 heteroatoms. The van der Waals surface area contributed by atoms with Gasteiger partial charge in [0.1, 0.15) is 0 Å². The van der Waals surface area contributed by atoms with Gasteiger partial charge >= 0.3 is 5.97 Å². The van der Waals surface area contributed by atoms with E-state index in [2.05, 4.69) is 46.0 Å². The zero-order chi connectivity index (χ0) is 26.3. The topological polar surface area (TPSA) is 66.4 Å². The van der Waals surface area contributed by atoms with Crippen LogP contribution in [-0.2, 0) is 9.59 Å². The lowest BCUT2D eigenvalue weighted by Crippen LogP contribution is -2.47. The van der Waals surface area contributed by atoms with Gasteiger partial charge in [0.2, 0.25) is 5.91 Å². The van der Waals surface area contributed by atoms with Crippen LogP contribution in [0.5, 0.6) is 0 Å². The molecule has 1 amide bonds. The first-order valence-electron chi connectivity index (χ1n) is 15.3. The van der Waals surface area contributed by atoms with E-state index in [0.717, 1.165) is 48.3 Å². The summed E-state index contributed by atoms with van der Waals surface area (Å²) in [6.45, 7) is 12.3. The van der Waals surface area contributed by atoms with Gasteiger partial charge in [0.25, 0.3) is 0 Å². The minimum Gasteiger partial charge on any atom is -0.481 e. The Labute approximate surface area is 221 Å². The number of carboxylic acid groups (broad SMARTS) is 1. The first-order chi connectivity index (χ1) is 17.1. The number of carboxylic acids is 1. The second-order valence-electron chi connectivity index (χ2n) is 13.5. The van der Waals surface area contributed by atoms with Crippen molar-refractivity contribution in [1.82, 2.24) is 5.32 Å². The van der Waals surface area contributed by atoms with E-state index in [1.54, 1.807) is 5.57 Å². The summed E-state index contributed by atoms with van der Waals surface area (Å²) >= 11 is 0. The molecule has 0 spiro atoms. The molecule has 3 aliphatic carbocycles. The summed E-state index contributed by atoms with van der Waals surface area (Å²) in [5, 5.41) is 12.1. The molecule has 0 aromatic carbocycles. The minimum atomic E-state index is -0.825. The van der Waals surface area contributed by atoms with Gasteiger partial charge in [-0.2, -0.15) is 0 Å². The molecular weight excluding hydrogens is 446 g/mol. The molecule has 1 unspecified atom stereocenters. The predicted molar refractivity (Wildman–Crippen MR) is 149 cm³/mol. The molecule has 206 valence electrons. The number of aliphatic carboxylic acids is 1. The van der Waals surface area contributed by atoms with Gasteiger partial charge in [-0.3, -0.25) is 9.59 Å². The Hall–Kier alpha value is -1.32. The Balaban J connectivity index is 1.58. The largest absolute Gasteiger partial charge is 0.481 e. The van der Waals surface area contributed by atoms with E-state index in [4.69, 9.17) is 5.11 Å². The normalized spacial score (nSPS) is 33.8. The summed E-state index contributed by atoms with van der Waals surface area (Å²) in [6, 6.07) is 0.211. The van der Waals surface area contributed by atoms with Gasteiger partial charge in [0.15, 0.2) is 0 Å². The molecule has 36 heavy (non-hydrogen) atoms. The van der Waals surface area contributed by atoms with Crippen molar-refractivity contribution in [3.8, 4) is 0 Å². The van der Waals surface area contributed by atoms with Gasteiger partial charge in [-0.25, -0.2) is 0 Å². The van der Waals surface area contributed by atoms with Gasteiger partial charge in [-0.1, -0.05) is 84.8 Å². The van der Waals surface area contributed by atoms with E-state index in [-0.39, 0.29) is 23.8 Å². The van der Waals surface area contributed by atoms with E-state index < -0.39 is 5.97 Å². The maximum absolute atomic E-state index is 12.4. The Kier molecular flexibility index (Phi) is 10.9. The molecule has 0 aromatic heterocycles. The molecular formula is C32H55NO3. The van der Waals surface area contributed by atoms with E-state index in [1.807, 2.05) is 0 Å². The zero-order valence-electron chi connectivity index (χ0n) is 24.0. The third-order valence-electron chi connectivity index (χ3n) is 10.4. The lowest BCUT2D eigenvalue weighted by molar-refractivity contribution is -0.137. The monoisotopic (exact) mass is 501 g/mol. The molecule has 2 fully saturated rings. The molecule has 4 nitrogen and oxygen atoms in total. The number of amides is 1. The zero-order valence-corrected chi connectivity index (χ0v) is 24.0. The van der Waals surface area contributed by atoms with Crippen LogP contribution in [0, 0.1) is 40.9 Å². The van der Waals surface area contributed by atoms with Crippen LogP contribution in [0.15, 0.2) is 11.6 Å². The van der Waals surface area contributed by atoms with E-state index >= 15 is 0 Å². The molecule has 2 N–H and O–H groups in total. The maximum Gasteiger partial charge on any atom is 0.303 e. The first-order valence-corrected chi connectivity index (χ1v) is 15.3. The smallest absolute Gasteiger partial charge is 0.303 e. The first kappa shape index (κ1) is 29.2. The van der Waals surface area contributed by atoms with Crippen molar-refractivity contribution < 1.29 is 14.7 Å². The van der Waals surface area contributed by atoms with Crippen molar-refractivity contribution in [2.24, 2.45) is 40.9 Å².